The molecule has 4 aromatic rings. The Kier molecular flexibility index (Phi) is 5.97. The van der Waals surface area contributed by atoms with E-state index in [0.717, 1.165) is 16.1 Å². The topological polar surface area (TPSA) is 55.3 Å². The molecule has 0 radical (unpaired) electrons. The normalized spacial score (nSPS) is 11.1. The number of pyridine rings is 1. The van der Waals surface area contributed by atoms with Crippen molar-refractivity contribution in [3.8, 4) is 5.75 Å². The van der Waals surface area contributed by atoms with Crippen molar-refractivity contribution in [1.29, 1.82) is 0 Å². The number of carbonyl (C=O) groups is 1. The summed E-state index contributed by atoms with van der Waals surface area (Å²) in [6.07, 6.45) is 1.78. The smallest absolute Gasteiger partial charge is 0.260 e. The first kappa shape index (κ1) is 20.3. The minimum absolute atomic E-state index is 0.0692. The van der Waals surface area contributed by atoms with E-state index >= 15 is 0 Å². The lowest BCUT2D eigenvalue weighted by atomic mass is 10.2. The number of nitrogens with zero attached hydrogens (tertiary/aromatic N) is 3. The number of thiazole rings is 1. The highest BCUT2D eigenvalue weighted by Gasteiger charge is 2.23. The molecule has 4 rings (SSSR count). The standard InChI is InChI=1S/C23H20ClN3O2S/c1-15(2)29-18-11-9-16(10-12-18)22(28)27(14-17-6-3-4-13-25-17)23-26-21-19(24)7-5-8-20(21)30-23/h3-13,15H,14H2,1-2H3. The van der Waals surface area contributed by atoms with Gasteiger partial charge in [0.15, 0.2) is 5.13 Å². The van der Waals surface area contributed by atoms with Crippen LogP contribution >= 0.6 is 22.9 Å². The van der Waals surface area contributed by atoms with Crippen LogP contribution in [0, 0.1) is 0 Å². The number of amides is 1. The number of benzene rings is 2. The van der Waals surface area contributed by atoms with Crippen LogP contribution in [0.5, 0.6) is 5.75 Å². The van der Waals surface area contributed by atoms with Crippen molar-refractivity contribution in [3.05, 3.63) is 83.1 Å². The molecule has 2 aromatic carbocycles. The van der Waals surface area contributed by atoms with E-state index in [2.05, 4.69) is 9.97 Å². The van der Waals surface area contributed by atoms with Gasteiger partial charge in [-0.15, -0.1) is 0 Å². The van der Waals surface area contributed by atoms with E-state index in [9.17, 15) is 4.79 Å². The van der Waals surface area contributed by atoms with Crippen LogP contribution in [0.2, 0.25) is 5.02 Å². The van der Waals surface area contributed by atoms with Crippen molar-refractivity contribution < 1.29 is 9.53 Å². The van der Waals surface area contributed by atoms with E-state index in [1.165, 1.54) is 11.3 Å². The zero-order valence-electron chi connectivity index (χ0n) is 16.6. The fourth-order valence-corrected chi connectivity index (χ4v) is 4.27. The van der Waals surface area contributed by atoms with Crippen molar-refractivity contribution in [2.75, 3.05) is 4.90 Å². The highest BCUT2D eigenvalue weighted by atomic mass is 35.5. The Hall–Kier alpha value is -2.96. The minimum Gasteiger partial charge on any atom is -0.491 e. The monoisotopic (exact) mass is 437 g/mol. The lowest BCUT2D eigenvalue weighted by molar-refractivity contribution is 0.0985. The Morgan fingerprint density at radius 1 is 1.10 bits per heavy atom. The first-order chi connectivity index (χ1) is 14.5. The Bertz CT molecular complexity index is 1160. The quantitative estimate of drug-likeness (QED) is 0.372. The first-order valence-electron chi connectivity index (χ1n) is 9.55. The molecule has 30 heavy (non-hydrogen) atoms. The number of fused-ring (bicyclic) bond motifs is 1. The Balaban J connectivity index is 1.70. The van der Waals surface area contributed by atoms with Gasteiger partial charge in [0.25, 0.3) is 5.91 Å². The molecule has 0 fully saturated rings. The third-order valence-corrected chi connectivity index (χ3v) is 5.70. The van der Waals surface area contributed by atoms with E-state index in [1.54, 1.807) is 41.4 Å². The summed E-state index contributed by atoms with van der Waals surface area (Å²) in [5.41, 5.74) is 2.02. The molecule has 7 heteroatoms. The Morgan fingerprint density at radius 2 is 1.90 bits per heavy atom. The first-order valence-corrected chi connectivity index (χ1v) is 10.7. The van der Waals surface area contributed by atoms with E-state index in [1.807, 2.05) is 44.2 Å². The summed E-state index contributed by atoms with van der Waals surface area (Å²) in [4.78, 5) is 24.1. The maximum atomic E-state index is 13.4. The molecule has 0 N–H and O–H groups in total. The molecule has 0 aliphatic heterocycles. The van der Waals surface area contributed by atoms with E-state index in [-0.39, 0.29) is 12.0 Å². The molecule has 0 aliphatic rings. The van der Waals surface area contributed by atoms with E-state index in [0.29, 0.717) is 27.8 Å². The van der Waals surface area contributed by atoms with Crippen molar-refractivity contribution in [2.45, 2.75) is 26.5 Å². The van der Waals surface area contributed by atoms with Gasteiger partial charge in [-0.25, -0.2) is 4.98 Å². The summed E-state index contributed by atoms with van der Waals surface area (Å²) in [5, 5.41) is 1.15. The molecule has 0 atom stereocenters. The lowest BCUT2D eigenvalue weighted by Crippen LogP contribution is -2.30. The number of ether oxygens (including phenoxy) is 1. The summed E-state index contributed by atoms with van der Waals surface area (Å²) < 4.78 is 6.61. The largest absolute Gasteiger partial charge is 0.491 e. The summed E-state index contributed by atoms with van der Waals surface area (Å²) in [5.74, 6) is 0.566. The number of para-hydroxylation sites is 1. The molecule has 1 amide bonds. The molecule has 0 aliphatic carbocycles. The Labute approximate surface area is 183 Å². The van der Waals surface area contributed by atoms with Gasteiger partial charge in [0.2, 0.25) is 0 Å². The average Bonchev–Trinajstić information content (AvgIpc) is 3.18. The maximum absolute atomic E-state index is 13.4. The molecule has 0 unspecified atom stereocenters. The van der Waals surface area contributed by atoms with Gasteiger partial charge in [-0.1, -0.05) is 35.1 Å². The number of carbonyl (C=O) groups excluding carboxylic acids is 1. The molecule has 5 nitrogen and oxygen atoms in total. The zero-order chi connectivity index (χ0) is 21.1. The summed E-state index contributed by atoms with van der Waals surface area (Å²) in [6, 6.07) is 18.4. The molecule has 0 bridgehead atoms. The zero-order valence-corrected chi connectivity index (χ0v) is 18.2. The summed E-state index contributed by atoms with van der Waals surface area (Å²) in [7, 11) is 0. The summed E-state index contributed by atoms with van der Waals surface area (Å²) in [6.45, 7) is 4.24. The molecule has 152 valence electrons. The number of halogens is 1. The van der Waals surface area contributed by atoms with Crippen molar-refractivity contribution >= 4 is 44.2 Å². The number of hydrogen-bond donors (Lipinski definition) is 0. The molecule has 0 spiro atoms. The van der Waals surface area contributed by atoms with E-state index < -0.39 is 0 Å². The molecule has 0 saturated heterocycles. The van der Waals surface area contributed by atoms with Gasteiger partial charge in [0.1, 0.15) is 11.3 Å². The fourth-order valence-electron chi connectivity index (χ4n) is 3.00. The van der Waals surface area contributed by atoms with Crippen LogP contribution in [-0.4, -0.2) is 22.0 Å². The van der Waals surface area contributed by atoms with Crippen LogP contribution in [0.1, 0.15) is 29.9 Å². The number of rotatable bonds is 6. The van der Waals surface area contributed by atoms with Crippen molar-refractivity contribution in [2.24, 2.45) is 0 Å². The maximum Gasteiger partial charge on any atom is 0.260 e. The third kappa shape index (κ3) is 4.45. The van der Waals surface area contributed by atoms with Gasteiger partial charge in [-0.2, -0.15) is 0 Å². The van der Waals surface area contributed by atoms with Gasteiger partial charge in [0.05, 0.1) is 28.1 Å². The highest BCUT2D eigenvalue weighted by Crippen LogP contribution is 2.34. The highest BCUT2D eigenvalue weighted by molar-refractivity contribution is 7.22. The molecular weight excluding hydrogens is 418 g/mol. The van der Waals surface area contributed by atoms with Gasteiger partial charge < -0.3 is 4.74 Å². The molecular formula is C23H20ClN3O2S. The van der Waals surface area contributed by atoms with Crippen LogP contribution in [0.15, 0.2) is 66.9 Å². The van der Waals surface area contributed by atoms with Gasteiger partial charge in [-0.05, 0) is 62.4 Å². The predicted octanol–water partition coefficient (Wildman–Crippen LogP) is 5.98. The average molecular weight is 438 g/mol. The summed E-state index contributed by atoms with van der Waals surface area (Å²) >= 11 is 7.74. The Morgan fingerprint density at radius 3 is 2.57 bits per heavy atom. The van der Waals surface area contributed by atoms with Gasteiger partial charge >= 0.3 is 0 Å². The van der Waals surface area contributed by atoms with Crippen LogP contribution < -0.4 is 9.64 Å². The predicted molar refractivity (Wildman–Crippen MR) is 122 cm³/mol. The van der Waals surface area contributed by atoms with Gasteiger partial charge in [-0.3, -0.25) is 14.7 Å². The van der Waals surface area contributed by atoms with Crippen LogP contribution in [-0.2, 0) is 6.54 Å². The van der Waals surface area contributed by atoms with Gasteiger partial charge in [0, 0.05) is 11.8 Å². The van der Waals surface area contributed by atoms with Crippen molar-refractivity contribution in [3.63, 3.8) is 0 Å². The number of anilines is 1. The second-order valence-electron chi connectivity index (χ2n) is 6.99. The second-order valence-corrected chi connectivity index (χ2v) is 8.40. The third-order valence-electron chi connectivity index (χ3n) is 4.35. The molecule has 2 aromatic heterocycles. The van der Waals surface area contributed by atoms with Crippen LogP contribution in [0.4, 0.5) is 5.13 Å². The minimum atomic E-state index is -0.160. The fraction of sp³-hybridized carbons (Fsp3) is 0.174. The number of aromatic nitrogens is 2. The second kappa shape index (κ2) is 8.81. The molecule has 2 heterocycles. The SMILES string of the molecule is CC(C)Oc1ccc(C(=O)N(Cc2ccccn2)c2nc3c(Cl)cccc3s2)cc1. The van der Waals surface area contributed by atoms with Crippen LogP contribution in [0.3, 0.4) is 0 Å². The lowest BCUT2D eigenvalue weighted by Gasteiger charge is -2.20. The van der Waals surface area contributed by atoms with Crippen LogP contribution in [0.25, 0.3) is 10.2 Å². The number of hydrogen-bond acceptors (Lipinski definition) is 5. The van der Waals surface area contributed by atoms with E-state index in [4.69, 9.17) is 16.3 Å². The van der Waals surface area contributed by atoms with Crippen molar-refractivity contribution in [1.82, 2.24) is 9.97 Å². The molecule has 0 saturated carbocycles.